The van der Waals surface area contributed by atoms with Crippen molar-refractivity contribution in [3.05, 3.63) is 189 Å². The molecule has 6 aromatic rings. The molecular weight excluding hydrogens is 882 g/mol. The Morgan fingerprint density at radius 1 is 0.544 bits per heavy atom. The van der Waals surface area contributed by atoms with Crippen LogP contribution in [0.3, 0.4) is 0 Å². The summed E-state index contributed by atoms with van der Waals surface area (Å²) in [5, 5.41) is 8.54. The molecule has 9 nitrogen and oxygen atoms in total. The fourth-order valence-electron chi connectivity index (χ4n) is 6.37. The number of carbonyl (C=O) groups is 2. The van der Waals surface area contributed by atoms with Crippen LogP contribution < -0.4 is 16.2 Å². The number of thioether (sulfide) groups is 2. The number of aliphatic imine (C=N–C) groups is 2. The van der Waals surface area contributed by atoms with Gasteiger partial charge in [-0.1, -0.05) is 128 Å². The van der Waals surface area contributed by atoms with Gasteiger partial charge in [0.25, 0.3) is 11.8 Å². The summed E-state index contributed by atoms with van der Waals surface area (Å²) in [6, 6.07) is 50.0. The van der Waals surface area contributed by atoms with Gasteiger partial charge >= 0.3 is 0 Å². The molecule has 0 saturated carbocycles. The molecule has 3 N–H and O–H groups in total. The Hall–Kier alpha value is -5.34. The van der Waals surface area contributed by atoms with Crippen LogP contribution in [0.2, 0.25) is 0 Å². The second kappa shape index (κ2) is 17.9. The fourth-order valence-corrected chi connectivity index (χ4v) is 9.16. The van der Waals surface area contributed by atoms with Crippen molar-refractivity contribution in [1.82, 2.24) is 20.9 Å². The number of nitrogens with one attached hydrogen (secondary N) is 3. The van der Waals surface area contributed by atoms with Crippen LogP contribution in [-0.4, -0.2) is 43.7 Å². The first-order chi connectivity index (χ1) is 27.9. The Labute approximate surface area is 356 Å². The van der Waals surface area contributed by atoms with Crippen molar-refractivity contribution >= 4 is 100 Å². The maximum atomic E-state index is 14.1. The lowest BCUT2D eigenvalue weighted by Gasteiger charge is -2.27. The molecule has 0 spiro atoms. The number of halogens is 2. The van der Waals surface area contributed by atoms with Crippen LogP contribution in [0.1, 0.15) is 43.9 Å². The molecule has 2 amide bonds. The van der Waals surface area contributed by atoms with E-state index in [1.165, 1.54) is 0 Å². The number of hydrazine groups is 2. The fraction of sp³-hybridized carbons (Fsp3) is 0.0909. The lowest BCUT2D eigenvalue weighted by Crippen LogP contribution is -2.44. The topological polar surface area (TPSA) is 101 Å². The van der Waals surface area contributed by atoms with Crippen molar-refractivity contribution in [1.29, 1.82) is 0 Å². The Morgan fingerprint density at radius 2 is 1.00 bits per heavy atom. The Morgan fingerprint density at radius 3 is 1.51 bits per heavy atom. The highest BCUT2D eigenvalue weighted by Gasteiger charge is 2.35. The molecule has 2 atom stereocenters. The molecule has 0 aromatic heterocycles. The number of nitrogens with zero attached hydrogens (tertiary/aromatic N) is 4. The van der Waals surface area contributed by atoms with E-state index in [0.29, 0.717) is 27.1 Å². The van der Waals surface area contributed by atoms with Crippen LogP contribution in [0.4, 0.5) is 22.7 Å². The molecular formula is C44H35Br2N7O2S2. The number of benzene rings is 6. The largest absolute Gasteiger partial charge is 0.355 e. The van der Waals surface area contributed by atoms with E-state index < -0.39 is 0 Å². The Kier molecular flexibility index (Phi) is 12.1. The van der Waals surface area contributed by atoms with Gasteiger partial charge < -0.3 is 5.32 Å². The van der Waals surface area contributed by atoms with Crippen molar-refractivity contribution in [3.8, 4) is 0 Å². The van der Waals surface area contributed by atoms with Gasteiger partial charge in [-0.25, -0.2) is 9.98 Å². The number of hydrogen-bond acceptors (Lipinski definition) is 7. The minimum absolute atomic E-state index is 0.108. The zero-order valence-corrected chi connectivity index (χ0v) is 35.1. The third-order valence-corrected chi connectivity index (χ3v) is 12.4. The molecule has 13 heteroatoms. The summed E-state index contributed by atoms with van der Waals surface area (Å²) in [5.74, 6) is 0.905. The molecule has 2 aliphatic heterocycles. The number of amidine groups is 2. The first-order valence-electron chi connectivity index (χ1n) is 18.1. The lowest BCUT2D eigenvalue weighted by atomic mass is 10.1. The number of anilines is 2. The van der Waals surface area contributed by atoms with Gasteiger partial charge in [0.2, 0.25) is 0 Å². The van der Waals surface area contributed by atoms with Crippen molar-refractivity contribution in [2.75, 3.05) is 16.8 Å². The molecule has 2 aliphatic rings. The third-order valence-electron chi connectivity index (χ3n) is 9.29. The van der Waals surface area contributed by atoms with Crippen LogP contribution >= 0.6 is 55.4 Å². The minimum atomic E-state index is -0.281. The molecule has 57 heavy (non-hydrogen) atoms. The van der Waals surface area contributed by atoms with Gasteiger partial charge in [0, 0.05) is 31.7 Å². The molecule has 2 fully saturated rings. The third kappa shape index (κ3) is 9.29. The van der Waals surface area contributed by atoms with E-state index in [-0.39, 0.29) is 23.9 Å². The molecule has 2 heterocycles. The van der Waals surface area contributed by atoms with Crippen molar-refractivity contribution < 1.29 is 9.59 Å². The summed E-state index contributed by atoms with van der Waals surface area (Å²) in [7, 11) is 0. The molecule has 8 rings (SSSR count). The zero-order valence-electron chi connectivity index (χ0n) is 30.3. The molecule has 284 valence electrons. The van der Waals surface area contributed by atoms with Gasteiger partial charge in [-0.15, -0.1) is 0 Å². The average molecular weight is 918 g/mol. The highest BCUT2D eigenvalue weighted by atomic mass is 79.9. The van der Waals surface area contributed by atoms with Gasteiger partial charge in [0.15, 0.2) is 10.3 Å². The maximum absolute atomic E-state index is 14.1. The summed E-state index contributed by atoms with van der Waals surface area (Å²) in [4.78, 5) is 37.6. The van der Waals surface area contributed by atoms with E-state index in [2.05, 4.69) is 72.3 Å². The first kappa shape index (κ1) is 38.5. The lowest BCUT2D eigenvalue weighted by molar-refractivity contribution is 0.0842. The zero-order chi connectivity index (χ0) is 39.1. The number of carbonyl (C=O) groups excluding carboxylic acids is 2. The smallest absolute Gasteiger partial charge is 0.271 e. The minimum Gasteiger partial charge on any atom is -0.355 e. The van der Waals surface area contributed by atoms with Gasteiger partial charge in [0.1, 0.15) is 0 Å². The summed E-state index contributed by atoms with van der Waals surface area (Å²) >= 11 is 10.3. The normalized spacial score (nSPS) is 17.9. The van der Waals surface area contributed by atoms with Crippen molar-refractivity contribution in [3.63, 3.8) is 0 Å². The monoisotopic (exact) mass is 915 g/mol. The van der Waals surface area contributed by atoms with Gasteiger partial charge in [-0.2, -0.15) is 0 Å². The summed E-state index contributed by atoms with van der Waals surface area (Å²) in [5.41, 5.74) is 12.3. The molecule has 2 unspecified atom stereocenters. The molecule has 0 radical (unpaired) electrons. The predicted octanol–water partition coefficient (Wildman–Crippen LogP) is 11.2. The number of para-hydroxylation sites is 3. The molecule has 2 saturated heterocycles. The van der Waals surface area contributed by atoms with Gasteiger partial charge in [-0.3, -0.25) is 30.5 Å². The van der Waals surface area contributed by atoms with Crippen LogP contribution in [0.15, 0.2) is 177 Å². The first-order valence-corrected chi connectivity index (χ1v) is 21.6. The van der Waals surface area contributed by atoms with Gasteiger partial charge in [0.05, 0.1) is 34.7 Å². The standard InChI is InChI=1S/C44H35Br2N7O2S2/c45-32-21-15-29(16-22-32)39-27-56-43(48-34-9-3-1-4-10-34)52(39)50-41(54)31-19-25-36(26-20-31)47-38-14-8-7-13-37(38)42(55)51-53-40(30-17-23-33(46)24-18-30)28-57-44(53)49-35-11-5-2-6-12-35/h1-26,39-40,47H,27-28H2,(H,50,54)(H,51,55). The van der Waals surface area contributed by atoms with Crippen LogP contribution in [0.5, 0.6) is 0 Å². The number of rotatable bonds is 10. The molecule has 0 bridgehead atoms. The Bertz CT molecular complexity index is 2420. The quantitative estimate of drug-likeness (QED) is 0.126. The predicted molar refractivity (Wildman–Crippen MR) is 241 cm³/mol. The summed E-state index contributed by atoms with van der Waals surface area (Å²) in [6.07, 6.45) is 0. The van der Waals surface area contributed by atoms with E-state index in [4.69, 9.17) is 9.98 Å². The maximum Gasteiger partial charge on any atom is 0.271 e. The van der Waals surface area contributed by atoms with Crippen LogP contribution in [0, 0.1) is 0 Å². The average Bonchev–Trinajstić information content (AvgIpc) is 3.82. The van der Waals surface area contributed by atoms with Crippen LogP contribution in [0.25, 0.3) is 0 Å². The highest BCUT2D eigenvalue weighted by Crippen LogP contribution is 2.37. The van der Waals surface area contributed by atoms with E-state index in [1.807, 2.05) is 125 Å². The van der Waals surface area contributed by atoms with Crippen molar-refractivity contribution in [2.24, 2.45) is 9.98 Å². The van der Waals surface area contributed by atoms with E-state index in [1.54, 1.807) is 41.7 Å². The molecule has 6 aromatic carbocycles. The second-order valence-corrected chi connectivity index (χ2v) is 16.9. The van der Waals surface area contributed by atoms with Gasteiger partial charge in [-0.05, 0) is 96.1 Å². The highest BCUT2D eigenvalue weighted by molar-refractivity contribution is 9.10. The van der Waals surface area contributed by atoms with E-state index in [9.17, 15) is 9.59 Å². The van der Waals surface area contributed by atoms with E-state index >= 15 is 0 Å². The summed E-state index contributed by atoms with van der Waals surface area (Å²) < 4.78 is 1.97. The second-order valence-electron chi connectivity index (χ2n) is 13.1. The van der Waals surface area contributed by atoms with Crippen LogP contribution in [-0.2, 0) is 0 Å². The number of amides is 2. The number of hydrogen-bond donors (Lipinski definition) is 3. The van der Waals surface area contributed by atoms with Crippen molar-refractivity contribution in [2.45, 2.75) is 12.1 Å². The Balaban J connectivity index is 0.993. The summed E-state index contributed by atoms with van der Waals surface area (Å²) in [6.45, 7) is 0. The SMILES string of the molecule is O=C(NN1C(=Nc2ccccc2)SCC1c1ccc(Br)cc1)c1ccc(Nc2ccccc2C(=O)NN2C(=Nc3ccccc3)SCC2c2ccc(Br)cc2)cc1. The van der Waals surface area contributed by atoms with E-state index in [0.717, 1.165) is 48.6 Å². The molecule has 0 aliphatic carbocycles.